The SMILES string of the molecule is COC(=O)c1cccc(C(=O)C(C)Br)c1C#N. The van der Waals surface area contributed by atoms with Crippen molar-refractivity contribution < 1.29 is 14.3 Å². The van der Waals surface area contributed by atoms with E-state index in [4.69, 9.17) is 5.26 Å². The highest BCUT2D eigenvalue weighted by Gasteiger charge is 2.21. The Hall–Kier alpha value is -1.67. The van der Waals surface area contributed by atoms with Gasteiger partial charge in [-0.3, -0.25) is 4.79 Å². The van der Waals surface area contributed by atoms with Gasteiger partial charge in [0.1, 0.15) is 6.07 Å². The van der Waals surface area contributed by atoms with Crippen molar-refractivity contribution in [1.29, 1.82) is 5.26 Å². The van der Waals surface area contributed by atoms with E-state index in [2.05, 4.69) is 20.7 Å². The number of esters is 1. The van der Waals surface area contributed by atoms with Crippen LogP contribution in [0.25, 0.3) is 0 Å². The minimum atomic E-state index is -0.626. The lowest BCUT2D eigenvalue weighted by Gasteiger charge is -2.08. The molecule has 4 nitrogen and oxygen atoms in total. The largest absolute Gasteiger partial charge is 0.465 e. The summed E-state index contributed by atoms with van der Waals surface area (Å²) in [5, 5.41) is 9.05. The molecule has 0 aliphatic carbocycles. The lowest BCUT2D eigenvalue weighted by molar-refractivity contribution is 0.0600. The predicted octanol–water partition coefficient (Wildman–Crippen LogP) is 2.31. The maximum atomic E-state index is 11.8. The number of rotatable bonds is 3. The fourth-order valence-corrected chi connectivity index (χ4v) is 1.62. The second kappa shape index (κ2) is 5.60. The van der Waals surface area contributed by atoms with Gasteiger partial charge in [-0.15, -0.1) is 0 Å². The number of nitrogens with zero attached hydrogens (tertiary/aromatic N) is 1. The average molecular weight is 296 g/mol. The molecule has 0 saturated heterocycles. The number of Topliss-reactive ketones (excluding diaryl/α,β-unsaturated/α-hetero) is 1. The first-order chi connectivity index (χ1) is 8.02. The third kappa shape index (κ3) is 2.71. The second-order valence-corrected chi connectivity index (χ2v) is 4.69. The lowest BCUT2D eigenvalue weighted by atomic mass is 9.98. The standard InChI is InChI=1S/C12H10BrNO3/c1-7(13)11(15)8-4-3-5-9(10(8)6-14)12(16)17-2/h3-5,7H,1-2H3. The quantitative estimate of drug-likeness (QED) is 0.487. The zero-order valence-electron chi connectivity index (χ0n) is 9.36. The van der Waals surface area contributed by atoms with Crippen molar-refractivity contribution in [3.63, 3.8) is 0 Å². The molecular formula is C12H10BrNO3. The van der Waals surface area contributed by atoms with Crippen LogP contribution in [0.15, 0.2) is 18.2 Å². The van der Waals surface area contributed by atoms with E-state index >= 15 is 0 Å². The number of carbonyl (C=O) groups is 2. The van der Waals surface area contributed by atoms with E-state index in [-0.39, 0.29) is 22.5 Å². The molecule has 0 N–H and O–H groups in total. The molecule has 1 aromatic rings. The molecule has 0 fully saturated rings. The van der Waals surface area contributed by atoms with Crippen LogP contribution < -0.4 is 0 Å². The number of ketones is 1. The third-order valence-electron chi connectivity index (χ3n) is 2.21. The highest BCUT2D eigenvalue weighted by molar-refractivity contribution is 9.10. The Labute approximate surface area is 107 Å². The molecule has 88 valence electrons. The first-order valence-corrected chi connectivity index (χ1v) is 5.74. The summed E-state index contributed by atoms with van der Waals surface area (Å²) in [7, 11) is 1.23. The van der Waals surface area contributed by atoms with Crippen LogP contribution in [0.5, 0.6) is 0 Å². The van der Waals surface area contributed by atoms with Crippen LogP contribution in [0, 0.1) is 11.3 Å². The van der Waals surface area contributed by atoms with Crippen LogP contribution in [0.3, 0.4) is 0 Å². The summed E-state index contributed by atoms with van der Waals surface area (Å²) in [6.07, 6.45) is 0. The summed E-state index contributed by atoms with van der Waals surface area (Å²) in [5.41, 5.74) is 0.379. The minimum Gasteiger partial charge on any atom is -0.465 e. The van der Waals surface area contributed by atoms with E-state index < -0.39 is 10.8 Å². The fraction of sp³-hybridized carbons (Fsp3) is 0.250. The molecule has 0 aliphatic heterocycles. The van der Waals surface area contributed by atoms with Crippen LogP contribution >= 0.6 is 15.9 Å². The number of alkyl halides is 1. The molecule has 17 heavy (non-hydrogen) atoms. The van der Waals surface area contributed by atoms with E-state index in [9.17, 15) is 9.59 Å². The number of hydrogen-bond acceptors (Lipinski definition) is 4. The summed E-state index contributed by atoms with van der Waals surface area (Å²) in [4.78, 5) is 22.9. The van der Waals surface area contributed by atoms with Gasteiger partial charge >= 0.3 is 5.97 Å². The first kappa shape index (κ1) is 13.4. The number of methoxy groups -OCH3 is 1. The zero-order valence-corrected chi connectivity index (χ0v) is 10.9. The number of carbonyl (C=O) groups excluding carboxylic acids is 2. The molecule has 0 saturated carbocycles. The smallest absolute Gasteiger partial charge is 0.339 e. The molecule has 1 atom stereocenters. The number of nitriles is 1. The number of halogens is 1. The zero-order chi connectivity index (χ0) is 13.0. The number of ether oxygens (including phenoxy) is 1. The van der Waals surface area contributed by atoms with Gasteiger partial charge in [0, 0.05) is 5.56 Å². The summed E-state index contributed by atoms with van der Waals surface area (Å²) in [6, 6.07) is 6.40. The van der Waals surface area contributed by atoms with Crippen LogP contribution in [0.1, 0.15) is 33.2 Å². The second-order valence-electron chi connectivity index (χ2n) is 3.31. The van der Waals surface area contributed by atoms with Gasteiger partial charge in [0.15, 0.2) is 5.78 Å². The van der Waals surface area contributed by atoms with Gasteiger partial charge < -0.3 is 4.74 Å². The van der Waals surface area contributed by atoms with Crippen molar-refractivity contribution in [3.05, 3.63) is 34.9 Å². The summed E-state index contributed by atoms with van der Waals surface area (Å²) >= 11 is 3.14. The Morgan fingerprint density at radius 2 is 2.00 bits per heavy atom. The highest BCUT2D eigenvalue weighted by atomic mass is 79.9. The van der Waals surface area contributed by atoms with Crippen molar-refractivity contribution >= 4 is 27.7 Å². The number of hydrogen-bond donors (Lipinski definition) is 0. The summed E-state index contributed by atoms with van der Waals surface area (Å²) < 4.78 is 4.56. The van der Waals surface area contributed by atoms with Gasteiger partial charge in [-0.25, -0.2) is 4.79 Å². The van der Waals surface area contributed by atoms with Crippen LogP contribution in [-0.4, -0.2) is 23.7 Å². The normalized spacial score (nSPS) is 11.4. The molecule has 0 heterocycles. The lowest BCUT2D eigenvalue weighted by Crippen LogP contribution is -2.15. The van der Waals surface area contributed by atoms with Gasteiger partial charge in [0.25, 0.3) is 0 Å². The topological polar surface area (TPSA) is 67.2 Å². The molecule has 0 radical (unpaired) electrons. The Balaban J connectivity index is 3.40. The molecular weight excluding hydrogens is 286 g/mol. The first-order valence-electron chi connectivity index (χ1n) is 4.82. The van der Waals surface area contributed by atoms with Gasteiger partial charge in [0.05, 0.1) is 23.1 Å². The molecule has 5 heteroatoms. The van der Waals surface area contributed by atoms with Crippen molar-refractivity contribution in [2.75, 3.05) is 7.11 Å². The average Bonchev–Trinajstić information content (AvgIpc) is 2.35. The van der Waals surface area contributed by atoms with Crippen LogP contribution in [0.2, 0.25) is 0 Å². The monoisotopic (exact) mass is 295 g/mol. The van der Waals surface area contributed by atoms with E-state index in [0.717, 1.165) is 0 Å². The number of benzene rings is 1. The Morgan fingerprint density at radius 1 is 1.41 bits per heavy atom. The molecule has 0 bridgehead atoms. The Bertz CT molecular complexity index is 503. The molecule has 0 aromatic heterocycles. The Morgan fingerprint density at radius 3 is 2.47 bits per heavy atom. The third-order valence-corrected chi connectivity index (χ3v) is 2.62. The Kier molecular flexibility index (Phi) is 4.41. The van der Waals surface area contributed by atoms with Crippen molar-refractivity contribution in [1.82, 2.24) is 0 Å². The maximum absolute atomic E-state index is 11.8. The summed E-state index contributed by atoms with van der Waals surface area (Å²) in [6.45, 7) is 1.66. The maximum Gasteiger partial charge on any atom is 0.339 e. The predicted molar refractivity (Wildman–Crippen MR) is 65.2 cm³/mol. The van der Waals surface area contributed by atoms with Gasteiger partial charge in [-0.05, 0) is 19.1 Å². The van der Waals surface area contributed by atoms with Crippen molar-refractivity contribution in [2.45, 2.75) is 11.8 Å². The molecule has 0 spiro atoms. The molecule has 1 unspecified atom stereocenters. The van der Waals surface area contributed by atoms with E-state index in [1.54, 1.807) is 13.0 Å². The molecule has 0 aliphatic rings. The fourth-order valence-electron chi connectivity index (χ4n) is 1.37. The van der Waals surface area contributed by atoms with E-state index in [0.29, 0.717) is 0 Å². The highest BCUT2D eigenvalue weighted by Crippen LogP contribution is 2.18. The van der Waals surface area contributed by atoms with Gasteiger partial charge in [-0.1, -0.05) is 22.0 Å². The molecule has 0 amide bonds. The van der Waals surface area contributed by atoms with Crippen LogP contribution in [0.4, 0.5) is 0 Å². The van der Waals surface area contributed by atoms with Gasteiger partial charge in [-0.2, -0.15) is 5.26 Å². The minimum absolute atomic E-state index is 0.0515. The molecule has 1 rings (SSSR count). The summed E-state index contributed by atoms with van der Waals surface area (Å²) in [5.74, 6) is -0.870. The molecule has 1 aromatic carbocycles. The van der Waals surface area contributed by atoms with E-state index in [1.165, 1.54) is 19.2 Å². The van der Waals surface area contributed by atoms with Crippen molar-refractivity contribution in [3.8, 4) is 6.07 Å². The van der Waals surface area contributed by atoms with E-state index in [1.807, 2.05) is 6.07 Å². The van der Waals surface area contributed by atoms with Crippen molar-refractivity contribution in [2.24, 2.45) is 0 Å². The van der Waals surface area contributed by atoms with Gasteiger partial charge in [0.2, 0.25) is 0 Å². The van der Waals surface area contributed by atoms with Crippen LogP contribution in [-0.2, 0) is 4.74 Å².